The maximum Gasteiger partial charge on any atom is 0.0718 e. The van der Waals surface area contributed by atoms with Gasteiger partial charge in [0.1, 0.15) is 0 Å². The Bertz CT molecular complexity index is 203. The van der Waals surface area contributed by atoms with E-state index < -0.39 is 0 Å². The Hall–Kier alpha value is -0.120. The number of nitrogens with one attached hydrogen (secondary N) is 1. The maximum absolute atomic E-state index is 5.61. The summed E-state index contributed by atoms with van der Waals surface area (Å²) in [4.78, 5) is 2.66. The molecule has 0 saturated carbocycles. The van der Waals surface area contributed by atoms with Crippen LogP contribution in [-0.2, 0) is 4.74 Å². The molecule has 80 valence electrons. The van der Waals surface area contributed by atoms with E-state index in [1.54, 1.807) is 0 Å². The zero-order valence-corrected chi connectivity index (χ0v) is 8.74. The van der Waals surface area contributed by atoms with Crippen LogP contribution in [0.2, 0.25) is 0 Å². The Kier molecular flexibility index (Phi) is 2.48. The number of hydrogen-bond donors (Lipinski definition) is 1. The van der Waals surface area contributed by atoms with Gasteiger partial charge in [-0.05, 0) is 38.3 Å². The van der Waals surface area contributed by atoms with Crippen molar-refractivity contribution in [1.29, 1.82) is 0 Å². The molecule has 3 heterocycles. The largest absolute Gasteiger partial charge is 0.375 e. The highest BCUT2D eigenvalue weighted by Gasteiger charge is 2.39. The Labute approximate surface area is 85.8 Å². The van der Waals surface area contributed by atoms with E-state index >= 15 is 0 Å². The summed E-state index contributed by atoms with van der Waals surface area (Å²) in [6, 6.07) is 0.752. The number of rotatable bonds is 2. The van der Waals surface area contributed by atoms with Crippen LogP contribution in [0, 0.1) is 5.92 Å². The monoisotopic (exact) mass is 196 g/mol. The summed E-state index contributed by atoms with van der Waals surface area (Å²) < 4.78 is 5.61. The minimum atomic E-state index is 0.566. The fourth-order valence-electron chi connectivity index (χ4n) is 3.11. The first-order valence-electron chi connectivity index (χ1n) is 5.98. The van der Waals surface area contributed by atoms with Crippen LogP contribution in [-0.4, -0.2) is 49.8 Å². The van der Waals surface area contributed by atoms with E-state index in [0.717, 1.165) is 18.6 Å². The summed E-state index contributed by atoms with van der Waals surface area (Å²) in [5.41, 5.74) is 0. The third kappa shape index (κ3) is 1.69. The van der Waals surface area contributed by atoms with Crippen molar-refractivity contribution in [3.05, 3.63) is 0 Å². The molecule has 0 aromatic rings. The number of fused-ring (bicyclic) bond motifs is 2. The zero-order chi connectivity index (χ0) is 9.38. The van der Waals surface area contributed by atoms with Crippen molar-refractivity contribution in [2.24, 2.45) is 5.92 Å². The normalized spacial score (nSPS) is 43.3. The predicted molar refractivity (Wildman–Crippen MR) is 55.3 cm³/mol. The summed E-state index contributed by atoms with van der Waals surface area (Å²) in [5.74, 6) is 0.892. The molecule has 3 fully saturated rings. The first-order chi connectivity index (χ1) is 6.92. The molecule has 3 aliphatic rings. The fourth-order valence-corrected chi connectivity index (χ4v) is 3.11. The molecule has 3 nitrogen and oxygen atoms in total. The first-order valence-corrected chi connectivity index (χ1v) is 5.98. The number of ether oxygens (including phenoxy) is 1. The van der Waals surface area contributed by atoms with Crippen LogP contribution < -0.4 is 5.32 Å². The summed E-state index contributed by atoms with van der Waals surface area (Å²) in [7, 11) is 0. The second-order valence-corrected chi connectivity index (χ2v) is 5.01. The topological polar surface area (TPSA) is 24.5 Å². The first kappa shape index (κ1) is 9.13. The Morgan fingerprint density at radius 1 is 1.43 bits per heavy atom. The van der Waals surface area contributed by atoms with Crippen molar-refractivity contribution >= 4 is 0 Å². The van der Waals surface area contributed by atoms with Gasteiger partial charge in [-0.3, -0.25) is 4.90 Å². The van der Waals surface area contributed by atoms with Crippen molar-refractivity contribution in [2.45, 2.75) is 31.4 Å². The molecule has 14 heavy (non-hydrogen) atoms. The molecule has 3 unspecified atom stereocenters. The van der Waals surface area contributed by atoms with E-state index in [9.17, 15) is 0 Å². The second kappa shape index (κ2) is 3.80. The molecule has 1 N–H and O–H groups in total. The lowest BCUT2D eigenvalue weighted by Gasteiger charge is -2.32. The van der Waals surface area contributed by atoms with E-state index in [-0.39, 0.29) is 0 Å². The van der Waals surface area contributed by atoms with Crippen LogP contribution in [0.1, 0.15) is 19.3 Å². The summed E-state index contributed by atoms with van der Waals surface area (Å²) in [6.07, 6.45) is 4.64. The highest BCUT2D eigenvalue weighted by molar-refractivity contribution is 4.92. The molecule has 0 spiro atoms. The summed E-state index contributed by atoms with van der Waals surface area (Å²) in [6.45, 7) is 5.95. The van der Waals surface area contributed by atoms with Gasteiger partial charge in [-0.25, -0.2) is 0 Å². The van der Waals surface area contributed by atoms with Gasteiger partial charge in [0.25, 0.3) is 0 Å². The minimum Gasteiger partial charge on any atom is -0.375 e. The number of hydrogen-bond acceptors (Lipinski definition) is 3. The van der Waals surface area contributed by atoms with Gasteiger partial charge in [0.2, 0.25) is 0 Å². The van der Waals surface area contributed by atoms with Gasteiger partial charge in [-0.2, -0.15) is 0 Å². The van der Waals surface area contributed by atoms with Gasteiger partial charge in [-0.1, -0.05) is 0 Å². The summed E-state index contributed by atoms with van der Waals surface area (Å²) in [5, 5.41) is 3.49. The lowest BCUT2D eigenvalue weighted by molar-refractivity contribution is 0.0227. The highest BCUT2D eigenvalue weighted by atomic mass is 16.5. The molecule has 0 aromatic heterocycles. The van der Waals surface area contributed by atoms with Crippen LogP contribution in [0.3, 0.4) is 0 Å². The molecular weight excluding hydrogens is 176 g/mol. The minimum absolute atomic E-state index is 0.566. The van der Waals surface area contributed by atoms with E-state index in [2.05, 4.69) is 10.2 Å². The summed E-state index contributed by atoms with van der Waals surface area (Å²) >= 11 is 0. The van der Waals surface area contributed by atoms with E-state index in [0.29, 0.717) is 6.10 Å². The van der Waals surface area contributed by atoms with Crippen molar-refractivity contribution in [1.82, 2.24) is 10.2 Å². The maximum atomic E-state index is 5.61. The van der Waals surface area contributed by atoms with E-state index in [1.165, 1.54) is 45.4 Å². The zero-order valence-electron chi connectivity index (χ0n) is 8.74. The van der Waals surface area contributed by atoms with E-state index in [1.807, 2.05) is 0 Å². The second-order valence-electron chi connectivity index (χ2n) is 5.01. The Morgan fingerprint density at radius 2 is 2.43 bits per heavy atom. The smallest absolute Gasteiger partial charge is 0.0718 e. The molecule has 0 radical (unpaired) electrons. The standard InChI is InChI=1S/C11H20N2O/c1-2-9(5-12-3-1)6-13-7-11-4-10(13)8-14-11/h9-12H,1-8H2. The SMILES string of the molecule is C1CNCC(CN2CC3CC2CO3)C1. The molecule has 0 aliphatic carbocycles. The molecule has 3 saturated heterocycles. The molecule has 3 rings (SSSR count). The number of nitrogens with zero attached hydrogens (tertiary/aromatic N) is 1. The lowest BCUT2D eigenvalue weighted by atomic mass is 9.99. The van der Waals surface area contributed by atoms with Crippen LogP contribution >= 0.6 is 0 Å². The Balaban J connectivity index is 1.52. The van der Waals surface area contributed by atoms with E-state index in [4.69, 9.17) is 4.74 Å². The van der Waals surface area contributed by atoms with Gasteiger partial charge < -0.3 is 10.1 Å². The van der Waals surface area contributed by atoms with Crippen LogP contribution in [0.25, 0.3) is 0 Å². The third-order valence-corrected chi connectivity index (χ3v) is 3.91. The molecule has 3 atom stereocenters. The van der Waals surface area contributed by atoms with Gasteiger partial charge in [0.05, 0.1) is 12.7 Å². The molecule has 3 heteroatoms. The number of morpholine rings is 1. The van der Waals surface area contributed by atoms with Crippen molar-refractivity contribution in [3.63, 3.8) is 0 Å². The van der Waals surface area contributed by atoms with Crippen LogP contribution in [0.15, 0.2) is 0 Å². The number of piperidine rings is 1. The molecule has 0 amide bonds. The highest BCUT2D eigenvalue weighted by Crippen LogP contribution is 2.29. The fraction of sp³-hybridized carbons (Fsp3) is 1.00. The number of likely N-dealkylation sites (tertiary alicyclic amines) is 1. The third-order valence-electron chi connectivity index (χ3n) is 3.91. The van der Waals surface area contributed by atoms with Gasteiger partial charge in [0, 0.05) is 19.1 Å². The predicted octanol–water partition coefficient (Wildman–Crippen LogP) is 0.459. The molecular formula is C11H20N2O. The molecule has 2 bridgehead atoms. The molecule has 0 aromatic carbocycles. The van der Waals surface area contributed by atoms with Gasteiger partial charge >= 0.3 is 0 Å². The molecule has 3 aliphatic heterocycles. The van der Waals surface area contributed by atoms with Crippen LogP contribution in [0.4, 0.5) is 0 Å². The average Bonchev–Trinajstić information content (AvgIpc) is 2.81. The van der Waals surface area contributed by atoms with Crippen molar-refractivity contribution < 1.29 is 4.74 Å². The van der Waals surface area contributed by atoms with Gasteiger partial charge in [-0.15, -0.1) is 0 Å². The quantitative estimate of drug-likeness (QED) is 0.694. The van der Waals surface area contributed by atoms with Crippen LogP contribution in [0.5, 0.6) is 0 Å². The Morgan fingerprint density at radius 3 is 3.07 bits per heavy atom. The van der Waals surface area contributed by atoms with Crippen molar-refractivity contribution in [3.8, 4) is 0 Å². The van der Waals surface area contributed by atoms with Gasteiger partial charge in [0.15, 0.2) is 0 Å². The average molecular weight is 196 g/mol. The van der Waals surface area contributed by atoms with Crippen molar-refractivity contribution in [2.75, 3.05) is 32.8 Å². The lowest BCUT2D eigenvalue weighted by Crippen LogP contribution is -2.43.